The average molecular weight is 357 g/mol. The number of aromatic nitrogens is 4. The summed E-state index contributed by atoms with van der Waals surface area (Å²) in [6.45, 7) is 1.18. The van der Waals surface area contributed by atoms with E-state index in [-0.39, 0.29) is 6.23 Å². The molecule has 1 aliphatic heterocycles. The maximum atomic E-state index is 14.0. The third-order valence-corrected chi connectivity index (χ3v) is 4.48. The van der Waals surface area contributed by atoms with Crippen molar-refractivity contribution in [2.75, 3.05) is 19.0 Å². The maximum Gasteiger partial charge on any atom is 0.312 e. The summed E-state index contributed by atoms with van der Waals surface area (Å²) < 4.78 is 26.7. The van der Waals surface area contributed by atoms with E-state index in [2.05, 4.69) is 20.3 Å². The van der Waals surface area contributed by atoms with Crippen molar-refractivity contribution in [1.82, 2.24) is 19.5 Å². The molecule has 7 nitrogen and oxygen atoms in total. The van der Waals surface area contributed by atoms with Crippen LogP contribution < -0.4 is 10.1 Å². The van der Waals surface area contributed by atoms with Gasteiger partial charge in [-0.2, -0.15) is 14.4 Å². The van der Waals surface area contributed by atoms with Gasteiger partial charge in [0.1, 0.15) is 12.0 Å². The van der Waals surface area contributed by atoms with Crippen molar-refractivity contribution < 1.29 is 13.9 Å². The zero-order valence-electron chi connectivity index (χ0n) is 14.5. The van der Waals surface area contributed by atoms with Gasteiger partial charge in [0, 0.05) is 13.2 Å². The van der Waals surface area contributed by atoms with E-state index in [1.807, 2.05) is 24.3 Å². The zero-order valence-corrected chi connectivity index (χ0v) is 14.5. The molecule has 1 aliphatic rings. The van der Waals surface area contributed by atoms with Crippen LogP contribution in [0.3, 0.4) is 0 Å². The number of methoxy groups -OCH3 is 1. The number of nitrogens with one attached hydrogen (secondary N) is 1. The fourth-order valence-electron chi connectivity index (χ4n) is 3.10. The molecule has 4 rings (SSSR count). The fourth-order valence-corrected chi connectivity index (χ4v) is 3.10. The number of halogens is 1. The molecule has 1 unspecified atom stereocenters. The van der Waals surface area contributed by atoms with Crippen molar-refractivity contribution in [3.8, 4) is 5.75 Å². The van der Waals surface area contributed by atoms with Crippen LogP contribution in [0.1, 0.15) is 31.1 Å². The smallest absolute Gasteiger partial charge is 0.312 e. The van der Waals surface area contributed by atoms with Gasteiger partial charge in [-0.25, -0.2) is 4.98 Å². The largest absolute Gasteiger partial charge is 0.497 e. The molecular formula is C18H20FN5O2. The van der Waals surface area contributed by atoms with Crippen LogP contribution in [0.5, 0.6) is 5.75 Å². The van der Waals surface area contributed by atoms with E-state index in [0.29, 0.717) is 30.1 Å². The molecule has 0 bridgehead atoms. The normalized spacial score (nSPS) is 17.4. The lowest BCUT2D eigenvalue weighted by atomic mass is 10.2. The summed E-state index contributed by atoms with van der Waals surface area (Å²) >= 11 is 0. The standard InChI is InChI=1S/C18H20FN5O2/c1-25-13-7-5-12(6-8-13)10-20-16-15-17(23-18(19)22-16)24(11-21-15)14-4-2-3-9-26-14/h5-8,11,14H,2-4,9-10H2,1H3,(H,20,22,23). The molecular weight excluding hydrogens is 337 g/mol. The summed E-state index contributed by atoms with van der Waals surface area (Å²) in [6, 6.07) is 7.63. The van der Waals surface area contributed by atoms with Gasteiger partial charge in [0.2, 0.25) is 0 Å². The molecule has 0 spiro atoms. The van der Waals surface area contributed by atoms with Crippen LogP contribution in [0.4, 0.5) is 10.2 Å². The van der Waals surface area contributed by atoms with Gasteiger partial charge in [0.15, 0.2) is 17.0 Å². The van der Waals surface area contributed by atoms with Gasteiger partial charge in [-0.3, -0.25) is 4.57 Å². The molecule has 0 radical (unpaired) electrons. The van der Waals surface area contributed by atoms with Gasteiger partial charge in [-0.05, 0) is 37.0 Å². The summed E-state index contributed by atoms with van der Waals surface area (Å²) in [7, 11) is 1.63. The number of benzene rings is 1. The minimum absolute atomic E-state index is 0.155. The number of nitrogens with zero attached hydrogens (tertiary/aromatic N) is 4. The van der Waals surface area contributed by atoms with Crippen LogP contribution in [-0.4, -0.2) is 33.2 Å². The molecule has 8 heteroatoms. The van der Waals surface area contributed by atoms with E-state index in [0.717, 1.165) is 30.6 Å². The Morgan fingerprint density at radius 1 is 1.27 bits per heavy atom. The highest BCUT2D eigenvalue weighted by atomic mass is 19.1. The van der Waals surface area contributed by atoms with Crippen molar-refractivity contribution in [3.63, 3.8) is 0 Å². The average Bonchev–Trinajstić information content (AvgIpc) is 3.11. The molecule has 1 saturated heterocycles. The van der Waals surface area contributed by atoms with Gasteiger partial charge >= 0.3 is 6.08 Å². The lowest BCUT2D eigenvalue weighted by Gasteiger charge is -2.23. The minimum Gasteiger partial charge on any atom is -0.497 e. The SMILES string of the molecule is COc1ccc(CNc2nc(F)nc3c2ncn3C2CCCCO2)cc1. The Hall–Kier alpha value is -2.74. The van der Waals surface area contributed by atoms with Gasteiger partial charge in [-0.15, -0.1) is 0 Å². The summed E-state index contributed by atoms with van der Waals surface area (Å²) in [6.07, 6.45) is 3.69. The van der Waals surface area contributed by atoms with Crippen molar-refractivity contribution in [2.24, 2.45) is 0 Å². The van der Waals surface area contributed by atoms with Crippen molar-refractivity contribution in [2.45, 2.75) is 32.0 Å². The first-order valence-corrected chi connectivity index (χ1v) is 8.63. The number of fused-ring (bicyclic) bond motifs is 1. The lowest BCUT2D eigenvalue weighted by molar-refractivity contribution is -0.0298. The second kappa shape index (κ2) is 7.25. The molecule has 1 aromatic carbocycles. The predicted octanol–water partition coefficient (Wildman–Crippen LogP) is 3.29. The first-order chi connectivity index (χ1) is 12.7. The van der Waals surface area contributed by atoms with Crippen molar-refractivity contribution in [1.29, 1.82) is 0 Å². The van der Waals surface area contributed by atoms with Crippen LogP contribution in [0.15, 0.2) is 30.6 Å². The highest BCUT2D eigenvalue weighted by Crippen LogP contribution is 2.28. The van der Waals surface area contributed by atoms with Gasteiger partial charge in [0.25, 0.3) is 0 Å². The zero-order chi connectivity index (χ0) is 17.9. The van der Waals surface area contributed by atoms with Crippen molar-refractivity contribution in [3.05, 3.63) is 42.2 Å². The predicted molar refractivity (Wildman–Crippen MR) is 94.4 cm³/mol. The summed E-state index contributed by atoms with van der Waals surface area (Å²) in [5, 5.41) is 3.15. The van der Waals surface area contributed by atoms with Crippen LogP contribution >= 0.6 is 0 Å². The highest BCUT2D eigenvalue weighted by Gasteiger charge is 2.21. The first-order valence-electron chi connectivity index (χ1n) is 8.63. The molecule has 1 fully saturated rings. The summed E-state index contributed by atoms with van der Waals surface area (Å²) in [5.41, 5.74) is 2.00. The van der Waals surface area contributed by atoms with Crippen LogP contribution in [-0.2, 0) is 11.3 Å². The number of hydrogen-bond donors (Lipinski definition) is 1. The molecule has 3 aromatic rings. The van der Waals surface area contributed by atoms with Gasteiger partial charge < -0.3 is 14.8 Å². The van der Waals surface area contributed by atoms with E-state index in [4.69, 9.17) is 9.47 Å². The summed E-state index contributed by atoms with van der Waals surface area (Å²) in [4.78, 5) is 12.2. The Bertz CT molecular complexity index is 890. The summed E-state index contributed by atoms with van der Waals surface area (Å²) in [5.74, 6) is 1.16. The maximum absolute atomic E-state index is 14.0. The van der Waals surface area contributed by atoms with E-state index in [1.165, 1.54) is 0 Å². The Kier molecular flexibility index (Phi) is 4.66. The molecule has 3 heterocycles. The second-order valence-corrected chi connectivity index (χ2v) is 6.19. The van der Waals surface area contributed by atoms with E-state index in [9.17, 15) is 4.39 Å². The molecule has 0 saturated carbocycles. The molecule has 26 heavy (non-hydrogen) atoms. The highest BCUT2D eigenvalue weighted by molar-refractivity contribution is 5.82. The van der Waals surface area contributed by atoms with Crippen LogP contribution in [0.2, 0.25) is 0 Å². The number of hydrogen-bond acceptors (Lipinski definition) is 6. The number of anilines is 1. The second-order valence-electron chi connectivity index (χ2n) is 6.19. The molecule has 1 N–H and O–H groups in total. The molecule has 2 aromatic heterocycles. The quantitative estimate of drug-likeness (QED) is 0.707. The van der Waals surface area contributed by atoms with E-state index < -0.39 is 6.08 Å². The van der Waals surface area contributed by atoms with E-state index >= 15 is 0 Å². The van der Waals surface area contributed by atoms with Gasteiger partial charge in [-0.1, -0.05) is 12.1 Å². The molecule has 0 amide bonds. The van der Waals surface area contributed by atoms with Crippen LogP contribution in [0, 0.1) is 6.08 Å². The topological polar surface area (TPSA) is 74.1 Å². The van der Waals surface area contributed by atoms with Crippen molar-refractivity contribution >= 4 is 17.0 Å². The first kappa shape index (κ1) is 16.7. The Balaban J connectivity index is 1.59. The molecule has 1 atom stereocenters. The Labute approximate surface area is 150 Å². The Morgan fingerprint density at radius 3 is 2.85 bits per heavy atom. The Morgan fingerprint density at radius 2 is 2.12 bits per heavy atom. The molecule has 0 aliphatic carbocycles. The fraction of sp³-hybridized carbons (Fsp3) is 0.389. The van der Waals surface area contributed by atoms with Crippen LogP contribution in [0.25, 0.3) is 11.2 Å². The monoisotopic (exact) mass is 357 g/mol. The number of ether oxygens (including phenoxy) is 2. The third kappa shape index (κ3) is 3.32. The molecule has 136 valence electrons. The number of rotatable bonds is 5. The van der Waals surface area contributed by atoms with E-state index in [1.54, 1.807) is 18.0 Å². The third-order valence-electron chi connectivity index (χ3n) is 4.48. The lowest BCUT2D eigenvalue weighted by Crippen LogP contribution is -2.18. The minimum atomic E-state index is -0.785. The van der Waals surface area contributed by atoms with Gasteiger partial charge in [0.05, 0.1) is 13.4 Å². The number of imidazole rings is 1.